The Bertz CT molecular complexity index is 694. The van der Waals surface area contributed by atoms with Gasteiger partial charge in [-0.1, -0.05) is 0 Å². The molecule has 0 saturated heterocycles. The van der Waals surface area contributed by atoms with Crippen LogP contribution in [0.15, 0.2) is 46.2 Å². The van der Waals surface area contributed by atoms with Crippen molar-refractivity contribution in [2.45, 2.75) is 9.79 Å². The molecule has 0 aliphatic heterocycles. The maximum absolute atomic E-state index is 13.0. The SMILES string of the molecule is O=[N+]([O-])c1cc(F)ccc1SSc1ccc(F)cc1[N+](=O)[O-]. The van der Waals surface area contributed by atoms with Crippen LogP contribution in [0.4, 0.5) is 20.2 Å². The number of benzene rings is 2. The molecule has 2 aromatic rings. The molecule has 22 heavy (non-hydrogen) atoms. The maximum Gasteiger partial charge on any atom is 0.286 e. The number of nitro groups is 2. The first-order valence-electron chi connectivity index (χ1n) is 5.61. The van der Waals surface area contributed by atoms with Crippen molar-refractivity contribution in [3.05, 3.63) is 68.3 Å². The van der Waals surface area contributed by atoms with Crippen LogP contribution in [-0.4, -0.2) is 9.85 Å². The van der Waals surface area contributed by atoms with Gasteiger partial charge in [-0.2, -0.15) is 0 Å². The Morgan fingerprint density at radius 3 is 1.45 bits per heavy atom. The molecule has 0 amide bonds. The van der Waals surface area contributed by atoms with E-state index >= 15 is 0 Å². The number of hydrogen-bond donors (Lipinski definition) is 0. The molecular formula is C12H6F2N2O4S2. The zero-order valence-electron chi connectivity index (χ0n) is 10.6. The molecule has 0 N–H and O–H groups in total. The Morgan fingerprint density at radius 1 is 0.773 bits per heavy atom. The third kappa shape index (κ3) is 3.71. The largest absolute Gasteiger partial charge is 0.286 e. The standard InChI is InChI=1S/C12H6F2N2O4S2/c13-7-1-3-11(9(5-7)15(17)18)21-22-12-4-2-8(14)6-10(12)16(19)20/h1-6H. The number of rotatable bonds is 5. The smallest absolute Gasteiger partial charge is 0.258 e. The second kappa shape index (κ2) is 6.71. The van der Waals surface area contributed by atoms with Crippen LogP contribution >= 0.6 is 21.6 Å². The average molecular weight is 344 g/mol. The van der Waals surface area contributed by atoms with E-state index < -0.39 is 32.9 Å². The van der Waals surface area contributed by atoms with Gasteiger partial charge in [0, 0.05) is 0 Å². The van der Waals surface area contributed by atoms with Gasteiger partial charge < -0.3 is 0 Å². The molecule has 114 valence electrons. The first-order valence-corrected chi connectivity index (χ1v) is 7.76. The van der Waals surface area contributed by atoms with E-state index in [0.717, 1.165) is 45.9 Å². The summed E-state index contributed by atoms with van der Waals surface area (Å²) in [6.45, 7) is 0. The van der Waals surface area contributed by atoms with E-state index in [1.165, 1.54) is 12.1 Å². The quantitative estimate of drug-likeness (QED) is 0.448. The van der Waals surface area contributed by atoms with Crippen LogP contribution in [0, 0.1) is 31.9 Å². The van der Waals surface area contributed by atoms with Gasteiger partial charge in [0.15, 0.2) is 0 Å². The molecule has 0 aromatic heterocycles. The van der Waals surface area contributed by atoms with Gasteiger partial charge in [0.25, 0.3) is 11.4 Å². The zero-order chi connectivity index (χ0) is 16.3. The molecule has 0 saturated carbocycles. The molecule has 0 fully saturated rings. The minimum atomic E-state index is -0.756. The van der Waals surface area contributed by atoms with Crippen LogP contribution in [0.3, 0.4) is 0 Å². The molecule has 0 aliphatic rings. The fourth-order valence-electron chi connectivity index (χ4n) is 1.50. The van der Waals surface area contributed by atoms with Crippen molar-refractivity contribution in [1.29, 1.82) is 0 Å². The third-order valence-corrected chi connectivity index (χ3v) is 4.92. The van der Waals surface area contributed by atoms with Gasteiger partial charge in [-0.3, -0.25) is 20.2 Å². The van der Waals surface area contributed by atoms with E-state index in [1.54, 1.807) is 0 Å². The second-order valence-corrected chi connectivity index (χ2v) is 6.12. The molecule has 2 rings (SSSR count). The summed E-state index contributed by atoms with van der Waals surface area (Å²) in [5, 5.41) is 21.7. The summed E-state index contributed by atoms with van der Waals surface area (Å²) in [5.41, 5.74) is -0.885. The Labute approximate surface area is 130 Å². The van der Waals surface area contributed by atoms with Crippen molar-refractivity contribution >= 4 is 33.0 Å². The Balaban J connectivity index is 2.28. The molecule has 0 bridgehead atoms. The minimum absolute atomic E-state index is 0.134. The van der Waals surface area contributed by atoms with Crippen LogP contribution in [-0.2, 0) is 0 Å². The van der Waals surface area contributed by atoms with Gasteiger partial charge in [-0.05, 0) is 45.9 Å². The van der Waals surface area contributed by atoms with Crippen LogP contribution < -0.4 is 0 Å². The monoisotopic (exact) mass is 344 g/mol. The maximum atomic E-state index is 13.0. The average Bonchev–Trinajstić information content (AvgIpc) is 2.46. The van der Waals surface area contributed by atoms with Crippen molar-refractivity contribution < 1.29 is 18.6 Å². The van der Waals surface area contributed by atoms with E-state index in [9.17, 15) is 29.0 Å². The third-order valence-electron chi connectivity index (χ3n) is 2.46. The highest BCUT2D eigenvalue weighted by Crippen LogP contribution is 2.44. The predicted octanol–water partition coefficient (Wildman–Crippen LogP) is 4.58. The topological polar surface area (TPSA) is 86.3 Å². The van der Waals surface area contributed by atoms with Gasteiger partial charge in [0.05, 0.1) is 31.8 Å². The lowest BCUT2D eigenvalue weighted by molar-refractivity contribution is -0.388. The van der Waals surface area contributed by atoms with Gasteiger partial charge in [0.2, 0.25) is 0 Å². The van der Waals surface area contributed by atoms with Gasteiger partial charge >= 0.3 is 0 Å². The van der Waals surface area contributed by atoms with Crippen molar-refractivity contribution in [3.63, 3.8) is 0 Å². The number of halogens is 2. The second-order valence-electron chi connectivity index (χ2n) is 3.90. The van der Waals surface area contributed by atoms with E-state index in [1.807, 2.05) is 0 Å². The van der Waals surface area contributed by atoms with Crippen LogP contribution in [0.1, 0.15) is 0 Å². The lowest BCUT2D eigenvalue weighted by atomic mass is 10.3. The summed E-state index contributed by atoms with van der Waals surface area (Å²) in [5.74, 6) is -1.51. The first-order chi connectivity index (χ1) is 10.4. The number of nitro benzene ring substituents is 2. The molecule has 0 heterocycles. The molecule has 0 atom stereocenters. The summed E-state index contributed by atoms with van der Waals surface area (Å²) in [6.07, 6.45) is 0. The summed E-state index contributed by atoms with van der Waals surface area (Å²) in [7, 11) is 1.71. The van der Waals surface area contributed by atoms with Gasteiger partial charge in [0.1, 0.15) is 11.6 Å². The number of nitrogens with zero attached hydrogens (tertiary/aromatic N) is 2. The lowest BCUT2D eigenvalue weighted by Crippen LogP contribution is -1.92. The Morgan fingerprint density at radius 2 is 1.14 bits per heavy atom. The fourth-order valence-corrected chi connectivity index (χ4v) is 3.75. The van der Waals surface area contributed by atoms with E-state index in [4.69, 9.17) is 0 Å². The molecule has 0 radical (unpaired) electrons. The summed E-state index contributed by atoms with van der Waals surface area (Å²) >= 11 is 0. The predicted molar refractivity (Wildman–Crippen MR) is 77.8 cm³/mol. The summed E-state index contributed by atoms with van der Waals surface area (Å²) in [6, 6.07) is 6.05. The van der Waals surface area contributed by atoms with E-state index in [-0.39, 0.29) is 9.79 Å². The van der Waals surface area contributed by atoms with Crippen LogP contribution in [0.25, 0.3) is 0 Å². The van der Waals surface area contributed by atoms with Crippen LogP contribution in [0.5, 0.6) is 0 Å². The number of hydrogen-bond acceptors (Lipinski definition) is 6. The van der Waals surface area contributed by atoms with Crippen molar-refractivity contribution in [3.8, 4) is 0 Å². The molecule has 10 heteroatoms. The van der Waals surface area contributed by atoms with E-state index in [0.29, 0.717) is 0 Å². The highest BCUT2D eigenvalue weighted by molar-refractivity contribution is 8.76. The fraction of sp³-hybridized carbons (Fsp3) is 0. The minimum Gasteiger partial charge on any atom is -0.258 e. The van der Waals surface area contributed by atoms with Gasteiger partial charge in [-0.25, -0.2) is 8.78 Å². The summed E-state index contributed by atoms with van der Waals surface area (Å²) < 4.78 is 26.1. The Kier molecular flexibility index (Phi) is 4.93. The van der Waals surface area contributed by atoms with Crippen molar-refractivity contribution in [1.82, 2.24) is 0 Å². The molecule has 6 nitrogen and oxygen atoms in total. The van der Waals surface area contributed by atoms with Crippen LogP contribution in [0.2, 0.25) is 0 Å². The highest BCUT2D eigenvalue weighted by Gasteiger charge is 2.20. The highest BCUT2D eigenvalue weighted by atomic mass is 33.1. The molecule has 2 aromatic carbocycles. The summed E-state index contributed by atoms with van der Waals surface area (Å²) in [4.78, 5) is 20.5. The van der Waals surface area contributed by atoms with Crippen molar-refractivity contribution in [2.24, 2.45) is 0 Å². The Hall–Kier alpha value is -2.20. The molecule has 0 spiro atoms. The zero-order valence-corrected chi connectivity index (χ0v) is 12.2. The van der Waals surface area contributed by atoms with E-state index in [2.05, 4.69) is 0 Å². The normalized spacial score (nSPS) is 10.5. The first kappa shape index (κ1) is 16.2. The molecular weight excluding hydrogens is 338 g/mol. The van der Waals surface area contributed by atoms with Gasteiger partial charge in [-0.15, -0.1) is 0 Å². The molecule has 0 unspecified atom stereocenters. The lowest BCUT2D eigenvalue weighted by Gasteiger charge is -2.04. The molecule has 0 aliphatic carbocycles. The van der Waals surface area contributed by atoms with Crippen molar-refractivity contribution in [2.75, 3.05) is 0 Å².